The fraction of sp³-hybridized carbons (Fsp3) is 0.333. The maximum absolute atomic E-state index is 13.9. The summed E-state index contributed by atoms with van der Waals surface area (Å²) >= 11 is 0. The molecule has 6 rings (SSSR count). The molecule has 5 N–H and O–H groups in total. The highest BCUT2D eigenvalue weighted by atomic mass is 16.2. The monoisotopic (exact) mass is 631 g/mol. The standard InChI is InChI=1S/C36H41N9O2/c1-24-3-4-28(20-41-24)33(38)30-19-29(9-10-31(30)37)45-18-14-36(35(45)47)13-17-43(22-36)21-32(46)44-15-11-26(12-16-44)25-5-7-27(8-6-25)34(39)42-23-40-2/h3-11,19-20,23,38H,12-18,21-22,37H2,1-2H3,(H2,39,40,42). The maximum Gasteiger partial charge on any atom is 0.237 e. The molecule has 3 aromatic rings. The summed E-state index contributed by atoms with van der Waals surface area (Å²) in [5.41, 5.74) is 12.4. The van der Waals surface area contributed by atoms with E-state index in [1.165, 1.54) is 11.9 Å². The Hall–Kier alpha value is -5.16. The Morgan fingerprint density at radius 1 is 1.06 bits per heavy atom. The molecule has 0 bridgehead atoms. The van der Waals surface area contributed by atoms with Crippen LogP contribution in [-0.4, -0.2) is 90.8 Å². The number of benzene rings is 2. The van der Waals surface area contributed by atoms with Gasteiger partial charge in [-0.05, 0) is 74.2 Å². The van der Waals surface area contributed by atoms with E-state index in [0.29, 0.717) is 56.1 Å². The molecule has 1 aromatic heterocycles. The van der Waals surface area contributed by atoms with Crippen LogP contribution in [0, 0.1) is 23.2 Å². The van der Waals surface area contributed by atoms with Crippen molar-refractivity contribution in [2.24, 2.45) is 10.4 Å². The topological polar surface area (TPSA) is 155 Å². The second-order valence-electron chi connectivity index (χ2n) is 12.6. The molecule has 3 aliphatic heterocycles. The number of hydrogen-bond donors (Lipinski definition) is 4. The average molecular weight is 632 g/mol. The molecule has 1 atom stereocenters. The third kappa shape index (κ3) is 6.57. The van der Waals surface area contributed by atoms with Crippen LogP contribution in [0.5, 0.6) is 0 Å². The highest BCUT2D eigenvalue weighted by molar-refractivity contribution is 6.14. The highest BCUT2D eigenvalue weighted by Crippen LogP contribution is 2.43. The first-order chi connectivity index (χ1) is 22.7. The second kappa shape index (κ2) is 13.3. The van der Waals surface area contributed by atoms with Gasteiger partial charge in [-0.15, -0.1) is 0 Å². The van der Waals surface area contributed by atoms with Gasteiger partial charge in [-0.1, -0.05) is 30.3 Å². The summed E-state index contributed by atoms with van der Waals surface area (Å²) in [7, 11) is 1.74. The van der Waals surface area contributed by atoms with E-state index in [2.05, 4.69) is 26.3 Å². The lowest BCUT2D eigenvalue weighted by molar-refractivity contribution is -0.132. The number of likely N-dealkylation sites (tertiary alicyclic amines) is 1. The van der Waals surface area contributed by atoms with Crippen LogP contribution in [0.25, 0.3) is 5.57 Å². The van der Waals surface area contributed by atoms with Crippen molar-refractivity contribution >= 4 is 46.6 Å². The van der Waals surface area contributed by atoms with Gasteiger partial charge in [-0.25, -0.2) is 4.99 Å². The van der Waals surface area contributed by atoms with Crippen LogP contribution < -0.4 is 16.0 Å². The summed E-state index contributed by atoms with van der Waals surface area (Å²) in [6.45, 7) is 5.26. The molecule has 1 unspecified atom stereocenters. The van der Waals surface area contributed by atoms with Crippen LogP contribution in [0.4, 0.5) is 11.4 Å². The molecule has 242 valence electrons. The molecule has 4 heterocycles. The van der Waals surface area contributed by atoms with E-state index in [1.807, 2.05) is 65.3 Å². The number of nitrogens with zero attached hydrogens (tertiary/aromatic N) is 5. The van der Waals surface area contributed by atoms with E-state index < -0.39 is 5.41 Å². The van der Waals surface area contributed by atoms with Crippen LogP contribution in [-0.2, 0) is 9.59 Å². The molecule has 0 saturated carbocycles. The van der Waals surface area contributed by atoms with Crippen molar-refractivity contribution in [3.63, 3.8) is 0 Å². The smallest absolute Gasteiger partial charge is 0.237 e. The Balaban J connectivity index is 1.05. The summed E-state index contributed by atoms with van der Waals surface area (Å²) in [5.74, 6) is 0.356. The average Bonchev–Trinajstić information content (AvgIpc) is 3.65. The van der Waals surface area contributed by atoms with E-state index in [-0.39, 0.29) is 23.4 Å². The molecule has 47 heavy (non-hydrogen) atoms. The molecular weight excluding hydrogens is 590 g/mol. The molecule has 2 amide bonds. The van der Waals surface area contributed by atoms with Gasteiger partial charge < -0.3 is 20.9 Å². The molecule has 2 fully saturated rings. The first kappa shape index (κ1) is 31.8. The second-order valence-corrected chi connectivity index (χ2v) is 12.6. The van der Waals surface area contributed by atoms with E-state index in [0.717, 1.165) is 41.8 Å². The number of carbonyl (C=O) groups excluding carboxylic acids is 2. The van der Waals surface area contributed by atoms with Gasteiger partial charge in [0.25, 0.3) is 0 Å². The minimum Gasteiger partial charge on any atom is -0.398 e. The van der Waals surface area contributed by atoms with E-state index in [1.54, 1.807) is 19.3 Å². The molecular formula is C36H41N9O2. The Morgan fingerprint density at radius 2 is 1.83 bits per heavy atom. The number of nitrogens with one attached hydrogen (secondary N) is 3. The van der Waals surface area contributed by atoms with Crippen molar-refractivity contribution in [3.05, 3.63) is 94.8 Å². The van der Waals surface area contributed by atoms with Crippen molar-refractivity contribution in [2.45, 2.75) is 26.2 Å². The summed E-state index contributed by atoms with van der Waals surface area (Å²) in [4.78, 5) is 41.4. The van der Waals surface area contributed by atoms with Crippen LogP contribution in [0.1, 0.15) is 47.2 Å². The Morgan fingerprint density at radius 3 is 2.53 bits per heavy atom. The molecule has 0 radical (unpaired) electrons. The fourth-order valence-electron chi connectivity index (χ4n) is 6.73. The number of aryl methyl sites for hydroxylation is 1. The normalized spacial score (nSPS) is 19.9. The molecule has 0 aliphatic carbocycles. The molecule has 1 spiro atoms. The number of aromatic nitrogens is 1. The van der Waals surface area contributed by atoms with E-state index in [9.17, 15) is 9.59 Å². The zero-order valence-corrected chi connectivity index (χ0v) is 26.9. The van der Waals surface area contributed by atoms with Gasteiger partial charge >= 0.3 is 0 Å². The van der Waals surface area contributed by atoms with Gasteiger partial charge in [-0.2, -0.15) is 0 Å². The Bertz CT molecular complexity index is 1760. The number of nitrogens with two attached hydrogens (primary N) is 1. The molecule has 11 heteroatoms. The van der Waals surface area contributed by atoms with Crippen LogP contribution in [0.15, 0.2) is 71.9 Å². The molecule has 2 saturated heterocycles. The zero-order valence-electron chi connectivity index (χ0n) is 26.9. The number of amidine groups is 1. The van der Waals surface area contributed by atoms with Gasteiger partial charge in [0.05, 0.1) is 24.0 Å². The first-order valence-electron chi connectivity index (χ1n) is 16.0. The number of aliphatic imine (C=N–C) groups is 1. The Labute approximate surface area is 275 Å². The predicted molar refractivity (Wildman–Crippen MR) is 186 cm³/mol. The summed E-state index contributed by atoms with van der Waals surface area (Å²) < 4.78 is 0. The van der Waals surface area contributed by atoms with Gasteiger partial charge in [0.1, 0.15) is 0 Å². The Kier molecular flexibility index (Phi) is 8.99. The number of rotatable bonds is 8. The fourth-order valence-corrected chi connectivity index (χ4v) is 6.73. The third-order valence-corrected chi connectivity index (χ3v) is 9.54. The summed E-state index contributed by atoms with van der Waals surface area (Å²) in [6.07, 6.45) is 7.49. The van der Waals surface area contributed by atoms with Crippen LogP contribution >= 0.6 is 0 Å². The minimum absolute atomic E-state index is 0.0761. The summed E-state index contributed by atoms with van der Waals surface area (Å²) in [5, 5.41) is 19.6. The number of hydrogen-bond acceptors (Lipinski definition) is 7. The lowest BCUT2D eigenvalue weighted by Gasteiger charge is -2.29. The van der Waals surface area contributed by atoms with Crippen molar-refractivity contribution in [1.29, 1.82) is 10.8 Å². The van der Waals surface area contributed by atoms with Gasteiger partial charge in [0.2, 0.25) is 11.8 Å². The van der Waals surface area contributed by atoms with Gasteiger partial charge in [0, 0.05) is 73.2 Å². The van der Waals surface area contributed by atoms with E-state index in [4.69, 9.17) is 16.6 Å². The molecule has 3 aliphatic rings. The number of nitrogen functional groups attached to an aromatic ring is 1. The zero-order chi connectivity index (χ0) is 33.1. The van der Waals surface area contributed by atoms with Gasteiger partial charge in [0.15, 0.2) is 5.84 Å². The van der Waals surface area contributed by atoms with Crippen molar-refractivity contribution in [1.82, 2.24) is 20.1 Å². The van der Waals surface area contributed by atoms with Crippen LogP contribution in [0.3, 0.4) is 0 Å². The molecule has 2 aromatic carbocycles. The quantitative estimate of drug-likeness (QED) is 0.169. The van der Waals surface area contributed by atoms with Crippen molar-refractivity contribution in [2.75, 3.05) is 56.9 Å². The largest absolute Gasteiger partial charge is 0.398 e. The first-order valence-corrected chi connectivity index (χ1v) is 16.0. The van der Waals surface area contributed by atoms with Gasteiger partial charge in [-0.3, -0.25) is 30.3 Å². The van der Waals surface area contributed by atoms with Crippen molar-refractivity contribution < 1.29 is 9.59 Å². The maximum atomic E-state index is 13.9. The number of anilines is 2. The highest BCUT2D eigenvalue weighted by Gasteiger charge is 2.51. The number of carbonyl (C=O) groups is 2. The molecule has 11 nitrogen and oxygen atoms in total. The third-order valence-electron chi connectivity index (χ3n) is 9.54. The lowest BCUT2D eigenvalue weighted by atomic mass is 9.85. The van der Waals surface area contributed by atoms with E-state index >= 15 is 0 Å². The predicted octanol–water partition coefficient (Wildman–Crippen LogP) is 3.71. The lowest BCUT2D eigenvalue weighted by Crippen LogP contribution is -2.43. The number of pyridine rings is 1. The SMILES string of the molecule is CN/C=N\C(=N)c1ccc(C2=CCN(C(=O)CN3CCC4(CCN(c5ccc(N)c(C(=N)c6ccc(C)nc6)c5)C4=O)C3)CC2)cc1. The minimum atomic E-state index is -0.508. The van der Waals surface area contributed by atoms with Crippen molar-refractivity contribution in [3.8, 4) is 0 Å². The number of amides is 2. The summed E-state index contributed by atoms with van der Waals surface area (Å²) in [6, 6.07) is 17.0. The van der Waals surface area contributed by atoms with Crippen LogP contribution in [0.2, 0.25) is 0 Å².